The first-order valence-electron chi connectivity index (χ1n) is 7.37. The molecule has 0 unspecified atom stereocenters. The number of H-pyrrole nitrogens is 1. The Morgan fingerprint density at radius 3 is 2.61 bits per heavy atom. The number of amides is 2. The fraction of sp³-hybridized carbons (Fsp3) is 0.571. The lowest BCUT2D eigenvalue weighted by atomic mass is 9.97. The van der Waals surface area contributed by atoms with Gasteiger partial charge in [-0.1, -0.05) is 20.3 Å². The largest absolute Gasteiger partial charge is 0.480 e. The van der Waals surface area contributed by atoms with Crippen LogP contribution in [0.5, 0.6) is 0 Å². The molecule has 6 N–H and O–H groups in total. The van der Waals surface area contributed by atoms with Crippen molar-refractivity contribution in [3.05, 3.63) is 18.2 Å². The Hall–Kier alpha value is -2.42. The van der Waals surface area contributed by atoms with Crippen LogP contribution in [-0.4, -0.2) is 51.5 Å². The average Bonchev–Trinajstić information content (AvgIpc) is 3.01. The summed E-state index contributed by atoms with van der Waals surface area (Å²) < 4.78 is 0. The molecule has 3 atom stereocenters. The van der Waals surface area contributed by atoms with Crippen LogP contribution in [0.15, 0.2) is 12.5 Å². The van der Waals surface area contributed by atoms with Crippen molar-refractivity contribution >= 4 is 17.8 Å². The summed E-state index contributed by atoms with van der Waals surface area (Å²) >= 11 is 0. The minimum absolute atomic E-state index is 0.160. The molecule has 0 aliphatic carbocycles. The minimum Gasteiger partial charge on any atom is -0.480 e. The molecule has 1 rings (SSSR count). The number of aliphatic carboxylic acids is 1. The Bertz CT molecular complexity index is 531. The van der Waals surface area contributed by atoms with E-state index in [2.05, 4.69) is 20.6 Å². The van der Waals surface area contributed by atoms with Crippen LogP contribution in [0.25, 0.3) is 0 Å². The van der Waals surface area contributed by atoms with E-state index in [1.54, 1.807) is 13.1 Å². The number of aromatic amines is 1. The number of nitrogens with zero attached hydrogens (tertiary/aromatic N) is 1. The summed E-state index contributed by atoms with van der Waals surface area (Å²) in [5.74, 6) is -2.32. The van der Waals surface area contributed by atoms with Crippen LogP contribution in [-0.2, 0) is 20.8 Å². The molecule has 0 aliphatic rings. The molecule has 0 bridgehead atoms. The van der Waals surface area contributed by atoms with E-state index in [9.17, 15) is 14.4 Å². The molecular formula is C14H23N5O4. The number of nitrogens with two attached hydrogens (primary N) is 1. The van der Waals surface area contributed by atoms with Crippen molar-refractivity contribution in [3.63, 3.8) is 0 Å². The molecule has 0 aromatic carbocycles. The van der Waals surface area contributed by atoms with E-state index in [0.717, 1.165) is 0 Å². The van der Waals surface area contributed by atoms with E-state index in [1.807, 2.05) is 6.92 Å². The van der Waals surface area contributed by atoms with Crippen LogP contribution in [0.2, 0.25) is 0 Å². The zero-order valence-electron chi connectivity index (χ0n) is 13.2. The van der Waals surface area contributed by atoms with Crippen molar-refractivity contribution in [1.82, 2.24) is 20.6 Å². The van der Waals surface area contributed by atoms with E-state index >= 15 is 0 Å². The van der Waals surface area contributed by atoms with Crippen LogP contribution < -0.4 is 16.4 Å². The minimum atomic E-state index is -1.15. The number of hydrogen-bond donors (Lipinski definition) is 5. The summed E-state index contributed by atoms with van der Waals surface area (Å²) in [6.45, 7) is 3.17. The summed E-state index contributed by atoms with van der Waals surface area (Å²) in [7, 11) is 0. The van der Waals surface area contributed by atoms with E-state index in [1.165, 1.54) is 6.33 Å². The van der Waals surface area contributed by atoms with Gasteiger partial charge in [0.2, 0.25) is 11.8 Å². The molecule has 2 amide bonds. The van der Waals surface area contributed by atoms with E-state index < -0.39 is 36.4 Å². The molecule has 0 fully saturated rings. The summed E-state index contributed by atoms with van der Waals surface area (Å²) in [4.78, 5) is 41.5. The van der Waals surface area contributed by atoms with E-state index in [4.69, 9.17) is 10.8 Å². The summed E-state index contributed by atoms with van der Waals surface area (Å²) in [6, 6.07) is -1.67. The van der Waals surface area contributed by atoms with Crippen LogP contribution in [0.1, 0.15) is 26.0 Å². The second-order valence-corrected chi connectivity index (χ2v) is 5.37. The predicted molar refractivity (Wildman–Crippen MR) is 82.3 cm³/mol. The maximum Gasteiger partial charge on any atom is 0.322 e. The zero-order valence-corrected chi connectivity index (χ0v) is 13.2. The molecule has 0 aliphatic heterocycles. The molecule has 1 aromatic rings. The molecule has 128 valence electrons. The second kappa shape index (κ2) is 8.89. The van der Waals surface area contributed by atoms with Gasteiger partial charge in [0.1, 0.15) is 12.6 Å². The van der Waals surface area contributed by atoms with Gasteiger partial charge in [-0.3, -0.25) is 14.4 Å². The number of imidazole rings is 1. The van der Waals surface area contributed by atoms with Gasteiger partial charge in [-0.2, -0.15) is 0 Å². The fourth-order valence-electron chi connectivity index (χ4n) is 1.96. The standard InChI is InChI=1S/C14H23N5O4/c1-3-8(2)12(14(23)17-6-11(20)21)19-13(22)10(15)4-9-5-16-7-18-9/h5,7-8,10,12H,3-4,6,15H2,1-2H3,(H,16,18)(H,17,23)(H,19,22)(H,20,21)/t8-,10-,12-/m0/s1. The second-order valence-electron chi connectivity index (χ2n) is 5.37. The summed E-state index contributed by atoms with van der Waals surface area (Å²) in [6.07, 6.45) is 3.96. The molecule has 9 heteroatoms. The smallest absolute Gasteiger partial charge is 0.322 e. The van der Waals surface area contributed by atoms with Crippen molar-refractivity contribution in [1.29, 1.82) is 0 Å². The molecule has 0 saturated carbocycles. The van der Waals surface area contributed by atoms with Crippen molar-refractivity contribution in [2.75, 3.05) is 6.54 Å². The zero-order chi connectivity index (χ0) is 17.4. The molecule has 0 saturated heterocycles. The third-order valence-electron chi connectivity index (χ3n) is 3.54. The van der Waals surface area contributed by atoms with Gasteiger partial charge in [-0.15, -0.1) is 0 Å². The van der Waals surface area contributed by atoms with Crippen LogP contribution >= 0.6 is 0 Å². The number of aromatic nitrogens is 2. The van der Waals surface area contributed by atoms with Gasteiger partial charge >= 0.3 is 5.97 Å². The third-order valence-corrected chi connectivity index (χ3v) is 3.54. The first-order chi connectivity index (χ1) is 10.8. The molecule has 23 heavy (non-hydrogen) atoms. The van der Waals surface area contributed by atoms with Gasteiger partial charge in [0.25, 0.3) is 0 Å². The number of carboxylic acids is 1. The quantitative estimate of drug-likeness (QED) is 0.393. The SMILES string of the molecule is CC[C@H](C)[C@H](NC(=O)[C@@H](N)Cc1cnc[nH]1)C(=O)NCC(=O)O. The number of rotatable bonds is 9. The molecule has 0 radical (unpaired) electrons. The average molecular weight is 325 g/mol. The van der Waals surface area contributed by atoms with Crippen molar-refractivity contribution in [3.8, 4) is 0 Å². The molecule has 1 heterocycles. The first-order valence-corrected chi connectivity index (χ1v) is 7.37. The highest BCUT2D eigenvalue weighted by molar-refractivity contribution is 5.91. The number of hydrogen-bond acceptors (Lipinski definition) is 5. The van der Waals surface area contributed by atoms with Gasteiger partial charge in [0, 0.05) is 18.3 Å². The van der Waals surface area contributed by atoms with Crippen LogP contribution in [0, 0.1) is 5.92 Å². The van der Waals surface area contributed by atoms with Crippen molar-refractivity contribution in [2.24, 2.45) is 11.7 Å². The highest BCUT2D eigenvalue weighted by Gasteiger charge is 2.28. The van der Waals surface area contributed by atoms with E-state index in [0.29, 0.717) is 12.1 Å². The highest BCUT2D eigenvalue weighted by atomic mass is 16.4. The summed E-state index contributed by atoms with van der Waals surface area (Å²) in [5.41, 5.74) is 6.55. The highest BCUT2D eigenvalue weighted by Crippen LogP contribution is 2.08. The van der Waals surface area contributed by atoms with Gasteiger partial charge in [0.05, 0.1) is 12.4 Å². The van der Waals surface area contributed by atoms with Gasteiger partial charge in [-0.05, 0) is 5.92 Å². The number of carbonyl (C=O) groups excluding carboxylic acids is 2. The van der Waals surface area contributed by atoms with Gasteiger partial charge in [-0.25, -0.2) is 4.98 Å². The van der Waals surface area contributed by atoms with Crippen molar-refractivity contribution in [2.45, 2.75) is 38.8 Å². The monoisotopic (exact) mass is 325 g/mol. The molecule has 9 nitrogen and oxygen atoms in total. The Labute approximate surface area is 134 Å². The lowest BCUT2D eigenvalue weighted by molar-refractivity contribution is -0.138. The van der Waals surface area contributed by atoms with Crippen molar-refractivity contribution < 1.29 is 19.5 Å². The maximum absolute atomic E-state index is 12.2. The topological polar surface area (TPSA) is 150 Å². The predicted octanol–water partition coefficient (Wildman–Crippen LogP) is -0.989. The van der Waals surface area contributed by atoms with Crippen LogP contribution in [0.4, 0.5) is 0 Å². The summed E-state index contributed by atoms with van der Waals surface area (Å²) in [5, 5.41) is 13.5. The van der Waals surface area contributed by atoms with Gasteiger partial charge in [0.15, 0.2) is 0 Å². The number of carboxylic acid groups (broad SMARTS) is 1. The van der Waals surface area contributed by atoms with E-state index in [-0.39, 0.29) is 12.3 Å². The Morgan fingerprint density at radius 2 is 2.09 bits per heavy atom. The Morgan fingerprint density at radius 1 is 1.39 bits per heavy atom. The molecule has 1 aromatic heterocycles. The van der Waals surface area contributed by atoms with Gasteiger partial charge < -0.3 is 26.5 Å². The maximum atomic E-state index is 12.2. The Kier molecular flexibility index (Phi) is 7.20. The third kappa shape index (κ3) is 6.07. The number of carbonyl (C=O) groups is 3. The van der Waals surface area contributed by atoms with Crippen LogP contribution in [0.3, 0.4) is 0 Å². The lowest BCUT2D eigenvalue weighted by Crippen LogP contribution is -2.55. The lowest BCUT2D eigenvalue weighted by Gasteiger charge is -2.24. The Balaban J connectivity index is 2.66. The first kappa shape index (κ1) is 18.6. The normalized spacial score (nSPS) is 14.6. The number of nitrogens with one attached hydrogen (secondary N) is 3. The molecular weight excluding hydrogens is 302 g/mol. The molecule has 0 spiro atoms. The fourth-order valence-corrected chi connectivity index (χ4v) is 1.96.